The first-order valence-corrected chi connectivity index (χ1v) is 9.48. The molecule has 2 aromatic carbocycles. The number of amides is 1. The van der Waals surface area contributed by atoms with E-state index in [1.165, 1.54) is 5.56 Å². The summed E-state index contributed by atoms with van der Waals surface area (Å²) >= 11 is 0. The van der Waals surface area contributed by atoms with Gasteiger partial charge in [0.25, 0.3) is 5.91 Å². The van der Waals surface area contributed by atoms with Crippen molar-refractivity contribution in [2.24, 2.45) is 0 Å². The molecule has 144 valence electrons. The Morgan fingerprint density at radius 1 is 1.00 bits per heavy atom. The van der Waals surface area contributed by atoms with E-state index in [2.05, 4.69) is 29.4 Å². The molecule has 28 heavy (non-hydrogen) atoms. The van der Waals surface area contributed by atoms with Crippen LogP contribution in [0.2, 0.25) is 0 Å². The Morgan fingerprint density at radius 3 is 2.46 bits per heavy atom. The molecule has 1 aromatic heterocycles. The van der Waals surface area contributed by atoms with E-state index in [1.54, 1.807) is 13.0 Å². The zero-order valence-corrected chi connectivity index (χ0v) is 16.1. The minimum Gasteiger partial charge on any atom is -0.448 e. The van der Waals surface area contributed by atoms with E-state index in [1.807, 2.05) is 48.5 Å². The Kier molecular flexibility index (Phi) is 6.37. The van der Waals surface area contributed by atoms with E-state index < -0.39 is 12.1 Å². The van der Waals surface area contributed by atoms with Crippen LogP contribution in [0.3, 0.4) is 0 Å². The van der Waals surface area contributed by atoms with Crippen LogP contribution >= 0.6 is 0 Å². The maximum absolute atomic E-state index is 12.4. The Morgan fingerprint density at radius 2 is 1.71 bits per heavy atom. The molecule has 0 spiro atoms. The van der Waals surface area contributed by atoms with Gasteiger partial charge >= 0.3 is 5.97 Å². The Balaban J connectivity index is 1.57. The molecule has 2 atom stereocenters. The fourth-order valence-electron chi connectivity index (χ4n) is 3.04. The van der Waals surface area contributed by atoms with Crippen LogP contribution < -0.4 is 5.32 Å². The van der Waals surface area contributed by atoms with Crippen molar-refractivity contribution >= 4 is 22.8 Å². The lowest BCUT2D eigenvalue weighted by Crippen LogP contribution is -2.38. The summed E-state index contributed by atoms with van der Waals surface area (Å²) in [6.45, 7) is 4.14. The average Bonchev–Trinajstić information content (AvgIpc) is 2.74. The minimum absolute atomic E-state index is 0.189. The Labute approximate surface area is 164 Å². The maximum atomic E-state index is 12.4. The SMILES string of the molecule is CC[C@H](CNC(=O)[C@@H](C)OC(=O)c1ccc2ccccc2n1)c1ccccc1. The smallest absolute Gasteiger partial charge is 0.357 e. The molecule has 0 unspecified atom stereocenters. The lowest BCUT2D eigenvalue weighted by Gasteiger charge is -2.18. The molecule has 5 nitrogen and oxygen atoms in total. The molecular weight excluding hydrogens is 352 g/mol. The van der Waals surface area contributed by atoms with E-state index >= 15 is 0 Å². The molecule has 3 rings (SSSR count). The normalized spacial score (nSPS) is 12.9. The number of carbonyl (C=O) groups is 2. The second-order valence-electron chi connectivity index (χ2n) is 6.70. The Hall–Kier alpha value is -3.21. The van der Waals surface area contributed by atoms with E-state index in [9.17, 15) is 9.59 Å². The molecule has 3 aromatic rings. The standard InChI is InChI=1S/C23H24N2O3/c1-3-17(18-9-5-4-6-10-18)15-24-22(26)16(2)28-23(27)21-14-13-19-11-7-8-12-20(19)25-21/h4-14,16-17H,3,15H2,1-2H3,(H,24,26)/t16-,17-/m1/s1. The van der Waals surface area contributed by atoms with Gasteiger partial charge in [-0.3, -0.25) is 4.79 Å². The van der Waals surface area contributed by atoms with Crippen LogP contribution in [0.4, 0.5) is 0 Å². The summed E-state index contributed by atoms with van der Waals surface area (Å²) in [5, 5.41) is 3.82. The third kappa shape index (κ3) is 4.74. The van der Waals surface area contributed by atoms with Crippen molar-refractivity contribution in [2.45, 2.75) is 32.3 Å². The van der Waals surface area contributed by atoms with E-state index in [-0.39, 0.29) is 17.5 Å². The van der Waals surface area contributed by atoms with Crippen molar-refractivity contribution in [3.05, 3.63) is 78.0 Å². The molecule has 0 saturated heterocycles. The zero-order valence-electron chi connectivity index (χ0n) is 16.1. The largest absolute Gasteiger partial charge is 0.448 e. The van der Waals surface area contributed by atoms with Gasteiger partial charge in [0.05, 0.1) is 5.52 Å². The van der Waals surface area contributed by atoms with Gasteiger partial charge in [-0.25, -0.2) is 9.78 Å². The van der Waals surface area contributed by atoms with Gasteiger partial charge < -0.3 is 10.1 Å². The number of fused-ring (bicyclic) bond motifs is 1. The number of hydrogen-bond donors (Lipinski definition) is 1. The topological polar surface area (TPSA) is 68.3 Å². The van der Waals surface area contributed by atoms with Gasteiger partial charge in [0.15, 0.2) is 6.10 Å². The van der Waals surface area contributed by atoms with E-state index in [0.29, 0.717) is 12.1 Å². The van der Waals surface area contributed by atoms with Crippen LogP contribution in [0.5, 0.6) is 0 Å². The number of aromatic nitrogens is 1. The van der Waals surface area contributed by atoms with Crippen LogP contribution in [-0.4, -0.2) is 29.5 Å². The molecule has 0 bridgehead atoms. The predicted octanol–water partition coefficient (Wildman–Crippen LogP) is 4.09. The molecule has 0 radical (unpaired) electrons. The monoisotopic (exact) mass is 376 g/mol. The molecule has 1 amide bonds. The zero-order chi connectivity index (χ0) is 19.9. The van der Waals surface area contributed by atoms with Crippen LogP contribution in [-0.2, 0) is 9.53 Å². The van der Waals surface area contributed by atoms with Crippen LogP contribution in [0.15, 0.2) is 66.7 Å². The number of ether oxygens (including phenoxy) is 1. The summed E-state index contributed by atoms with van der Waals surface area (Å²) in [5.41, 5.74) is 2.08. The van der Waals surface area contributed by atoms with E-state index in [4.69, 9.17) is 4.74 Å². The number of carbonyl (C=O) groups excluding carboxylic acids is 2. The highest BCUT2D eigenvalue weighted by Crippen LogP contribution is 2.18. The lowest BCUT2D eigenvalue weighted by atomic mass is 9.96. The highest BCUT2D eigenvalue weighted by molar-refractivity contribution is 5.93. The number of esters is 1. The van der Waals surface area contributed by atoms with Gasteiger partial charge in [0.2, 0.25) is 0 Å². The second kappa shape index (κ2) is 9.13. The number of nitrogens with one attached hydrogen (secondary N) is 1. The summed E-state index contributed by atoms with van der Waals surface area (Å²) in [7, 11) is 0. The second-order valence-corrected chi connectivity index (χ2v) is 6.70. The van der Waals surface area contributed by atoms with Crippen molar-refractivity contribution < 1.29 is 14.3 Å². The van der Waals surface area contributed by atoms with Crippen molar-refractivity contribution in [3.8, 4) is 0 Å². The first kappa shape index (κ1) is 19.5. The minimum atomic E-state index is -0.894. The predicted molar refractivity (Wildman–Crippen MR) is 109 cm³/mol. The van der Waals surface area contributed by atoms with Crippen LogP contribution in [0.25, 0.3) is 10.9 Å². The summed E-state index contributed by atoms with van der Waals surface area (Å²) in [5.74, 6) is -0.706. The summed E-state index contributed by atoms with van der Waals surface area (Å²) < 4.78 is 5.31. The molecular formula is C23H24N2O3. The van der Waals surface area contributed by atoms with Crippen LogP contribution in [0, 0.1) is 0 Å². The average molecular weight is 376 g/mol. The van der Waals surface area contributed by atoms with Crippen molar-refractivity contribution in [1.82, 2.24) is 10.3 Å². The molecule has 0 fully saturated rings. The van der Waals surface area contributed by atoms with Gasteiger partial charge in [0.1, 0.15) is 5.69 Å². The highest BCUT2D eigenvalue weighted by atomic mass is 16.5. The van der Waals surface area contributed by atoms with Gasteiger partial charge in [-0.15, -0.1) is 0 Å². The maximum Gasteiger partial charge on any atom is 0.357 e. The summed E-state index contributed by atoms with van der Waals surface area (Å²) in [6, 6.07) is 21.0. The van der Waals surface area contributed by atoms with E-state index in [0.717, 1.165) is 11.8 Å². The summed E-state index contributed by atoms with van der Waals surface area (Å²) in [4.78, 5) is 29.0. The number of benzene rings is 2. The Bertz CT molecular complexity index is 956. The van der Waals surface area contributed by atoms with Gasteiger partial charge in [0, 0.05) is 17.8 Å². The number of nitrogens with zero attached hydrogens (tertiary/aromatic N) is 1. The third-order valence-corrected chi connectivity index (χ3v) is 4.75. The molecule has 0 aliphatic heterocycles. The molecule has 0 aliphatic rings. The molecule has 5 heteroatoms. The number of hydrogen-bond acceptors (Lipinski definition) is 4. The van der Waals surface area contributed by atoms with Crippen molar-refractivity contribution in [3.63, 3.8) is 0 Å². The first-order valence-electron chi connectivity index (χ1n) is 9.48. The lowest BCUT2D eigenvalue weighted by molar-refractivity contribution is -0.129. The van der Waals surface area contributed by atoms with Crippen molar-refractivity contribution in [1.29, 1.82) is 0 Å². The first-order chi connectivity index (χ1) is 13.6. The van der Waals surface area contributed by atoms with Gasteiger partial charge in [-0.1, -0.05) is 61.5 Å². The van der Waals surface area contributed by atoms with Crippen LogP contribution in [0.1, 0.15) is 42.2 Å². The highest BCUT2D eigenvalue weighted by Gasteiger charge is 2.21. The third-order valence-electron chi connectivity index (χ3n) is 4.75. The number of rotatable bonds is 7. The molecule has 1 N–H and O–H groups in total. The van der Waals surface area contributed by atoms with Gasteiger partial charge in [-0.05, 0) is 31.0 Å². The molecule has 0 aliphatic carbocycles. The molecule has 0 saturated carbocycles. The molecule has 1 heterocycles. The van der Waals surface area contributed by atoms with Gasteiger partial charge in [-0.2, -0.15) is 0 Å². The number of pyridine rings is 1. The number of para-hydroxylation sites is 1. The van der Waals surface area contributed by atoms with Crippen molar-refractivity contribution in [2.75, 3.05) is 6.54 Å². The fourth-order valence-corrected chi connectivity index (χ4v) is 3.04. The quantitative estimate of drug-likeness (QED) is 0.631. The fraction of sp³-hybridized carbons (Fsp3) is 0.261. The summed E-state index contributed by atoms with van der Waals surface area (Å²) in [6.07, 6.45) is 0.00786.